The highest BCUT2D eigenvalue weighted by atomic mass is 16.6. The van der Waals surface area contributed by atoms with Crippen molar-refractivity contribution in [3.05, 3.63) is 35.4 Å². The number of nitrogens with zero attached hydrogens (tertiary/aromatic N) is 1. The van der Waals surface area contributed by atoms with Crippen molar-refractivity contribution < 1.29 is 14.3 Å². The normalized spacial score (nSPS) is 23.4. The molecule has 1 saturated carbocycles. The third-order valence-electron chi connectivity index (χ3n) is 5.73. The van der Waals surface area contributed by atoms with Gasteiger partial charge in [-0.25, -0.2) is 4.79 Å². The van der Waals surface area contributed by atoms with Crippen LogP contribution in [-0.4, -0.2) is 48.6 Å². The Hall–Kier alpha value is -1.88. The van der Waals surface area contributed by atoms with Gasteiger partial charge in [-0.05, 0) is 51.4 Å². The maximum absolute atomic E-state index is 12.6. The molecule has 0 aromatic heterocycles. The SMILES string of the molecule is CN(CCCNC(=O)C1(C)Cc2ccccc2C(=O)O1)C1CCCCC1. The van der Waals surface area contributed by atoms with Gasteiger partial charge in [0.15, 0.2) is 5.60 Å². The van der Waals surface area contributed by atoms with Crippen LogP contribution < -0.4 is 5.32 Å². The van der Waals surface area contributed by atoms with E-state index in [1.54, 1.807) is 13.0 Å². The van der Waals surface area contributed by atoms with Crippen LogP contribution in [-0.2, 0) is 16.0 Å². The minimum absolute atomic E-state index is 0.208. The largest absolute Gasteiger partial charge is 0.445 e. The number of rotatable bonds is 6. The molecule has 1 unspecified atom stereocenters. The summed E-state index contributed by atoms with van der Waals surface area (Å²) in [5.41, 5.74) is 0.311. The number of fused-ring (bicyclic) bond motifs is 1. The predicted octanol–water partition coefficient (Wildman–Crippen LogP) is 2.93. The van der Waals surface area contributed by atoms with Gasteiger partial charge in [0.25, 0.3) is 5.91 Å². The van der Waals surface area contributed by atoms with Gasteiger partial charge in [0, 0.05) is 19.0 Å². The van der Waals surface area contributed by atoms with E-state index in [9.17, 15) is 9.59 Å². The highest BCUT2D eigenvalue weighted by molar-refractivity contribution is 5.97. The van der Waals surface area contributed by atoms with Crippen LogP contribution in [0.5, 0.6) is 0 Å². The fourth-order valence-corrected chi connectivity index (χ4v) is 4.08. The van der Waals surface area contributed by atoms with Crippen LogP contribution in [0.1, 0.15) is 61.4 Å². The molecule has 2 aliphatic rings. The molecule has 142 valence electrons. The maximum atomic E-state index is 12.6. The molecule has 1 aromatic rings. The molecule has 1 N–H and O–H groups in total. The van der Waals surface area contributed by atoms with E-state index in [-0.39, 0.29) is 5.91 Å². The Labute approximate surface area is 156 Å². The van der Waals surface area contributed by atoms with Crippen molar-refractivity contribution in [2.45, 2.75) is 63.5 Å². The van der Waals surface area contributed by atoms with Crippen LogP contribution in [0.3, 0.4) is 0 Å². The first kappa shape index (κ1) is 18.9. The Balaban J connectivity index is 1.47. The van der Waals surface area contributed by atoms with Crippen molar-refractivity contribution in [2.24, 2.45) is 0 Å². The zero-order valence-electron chi connectivity index (χ0n) is 15.9. The summed E-state index contributed by atoms with van der Waals surface area (Å²) in [5, 5.41) is 2.96. The maximum Gasteiger partial charge on any atom is 0.339 e. The third-order valence-corrected chi connectivity index (χ3v) is 5.73. The lowest BCUT2D eigenvalue weighted by atomic mass is 9.89. The number of hydrogen-bond donors (Lipinski definition) is 1. The lowest BCUT2D eigenvalue weighted by molar-refractivity contribution is -0.139. The smallest absolute Gasteiger partial charge is 0.339 e. The number of carbonyl (C=O) groups is 2. The number of nitrogens with one attached hydrogen (secondary N) is 1. The van der Waals surface area contributed by atoms with Crippen LogP contribution in [0.15, 0.2) is 24.3 Å². The quantitative estimate of drug-likeness (QED) is 0.627. The molecule has 0 spiro atoms. The van der Waals surface area contributed by atoms with E-state index in [1.165, 1.54) is 32.1 Å². The van der Waals surface area contributed by atoms with E-state index in [1.807, 2.05) is 18.2 Å². The Kier molecular flexibility index (Phi) is 5.97. The lowest BCUT2D eigenvalue weighted by Gasteiger charge is -2.33. The van der Waals surface area contributed by atoms with Gasteiger partial charge in [0.05, 0.1) is 5.56 Å². The lowest BCUT2D eigenvalue weighted by Crippen LogP contribution is -2.52. The summed E-state index contributed by atoms with van der Waals surface area (Å²) in [5.74, 6) is -0.623. The highest BCUT2D eigenvalue weighted by Gasteiger charge is 2.42. The molecule has 1 aliphatic heterocycles. The van der Waals surface area contributed by atoms with Crippen LogP contribution in [0.25, 0.3) is 0 Å². The number of carbonyl (C=O) groups excluding carboxylic acids is 2. The second-order valence-corrected chi connectivity index (χ2v) is 7.84. The first-order chi connectivity index (χ1) is 12.5. The molecule has 0 saturated heterocycles. The number of amides is 1. The average Bonchev–Trinajstić information content (AvgIpc) is 2.65. The Morgan fingerprint density at radius 2 is 2.00 bits per heavy atom. The summed E-state index contributed by atoms with van der Waals surface area (Å²) >= 11 is 0. The number of ether oxygens (including phenoxy) is 1. The minimum Gasteiger partial charge on any atom is -0.445 e. The van der Waals surface area contributed by atoms with Gasteiger partial charge in [0.2, 0.25) is 0 Å². The summed E-state index contributed by atoms with van der Waals surface area (Å²) in [7, 11) is 2.18. The van der Waals surface area contributed by atoms with Gasteiger partial charge in [0.1, 0.15) is 0 Å². The molecule has 5 nitrogen and oxygen atoms in total. The van der Waals surface area contributed by atoms with Gasteiger partial charge < -0.3 is 15.0 Å². The van der Waals surface area contributed by atoms with Gasteiger partial charge in [-0.2, -0.15) is 0 Å². The van der Waals surface area contributed by atoms with Crippen LogP contribution in [0.2, 0.25) is 0 Å². The fourth-order valence-electron chi connectivity index (χ4n) is 4.08. The van der Waals surface area contributed by atoms with Crippen molar-refractivity contribution in [3.63, 3.8) is 0 Å². The topological polar surface area (TPSA) is 58.6 Å². The Bertz CT molecular complexity index is 654. The van der Waals surface area contributed by atoms with E-state index < -0.39 is 11.6 Å². The third kappa shape index (κ3) is 4.26. The molecule has 1 atom stereocenters. The molecule has 26 heavy (non-hydrogen) atoms. The number of cyclic esters (lactones) is 1. The summed E-state index contributed by atoms with van der Waals surface area (Å²) in [6.07, 6.45) is 7.92. The van der Waals surface area contributed by atoms with Crippen molar-refractivity contribution >= 4 is 11.9 Å². The van der Waals surface area contributed by atoms with Gasteiger partial charge in [-0.15, -0.1) is 0 Å². The van der Waals surface area contributed by atoms with Crippen LogP contribution in [0.4, 0.5) is 0 Å². The summed E-state index contributed by atoms with van der Waals surface area (Å²) in [6.45, 7) is 3.28. The van der Waals surface area contributed by atoms with E-state index in [0.717, 1.165) is 18.5 Å². The van der Waals surface area contributed by atoms with E-state index >= 15 is 0 Å². The van der Waals surface area contributed by atoms with Gasteiger partial charge in [-0.1, -0.05) is 37.5 Å². The highest BCUT2D eigenvalue weighted by Crippen LogP contribution is 2.28. The predicted molar refractivity (Wildman–Crippen MR) is 101 cm³/mol. The van der Waals surface area contributed by atoms with E-state index in [4.69, 9.17) is 4.74 Å². The molecular formula is C21H30N2O3. The van der Waals surface area contributed by atoms with Crippen molar-refractivity contribution in [2.75, 3.05) is 20.1 Å². The second-order valence-electron chi connectivity index (χ2n) is 7.84. The molecule has 3 rings (SSSR count). The van der Waals surface area contributed by atoms with Crippen LogP contribution in [0, 0.1) is 0 Å². The van der Waals surface area contributed by atoms with E-state index in [2.05, 4.69) is 17.3 Å². The molecular weight excluding hydrogens is 328 g/mol. The molecule has 5 heteroatoms. The zero-order valence-corrected chi connectivity index (χ0v) is 15.9. The summed E-state index contributed by atoms with van der Waals surface area (Å²) < 4.78 is 5.47. The van der Waals surface area contributed by atoms with Gasteiger partial charge >= 0.3 is 5.97 Å². The first-order valence-electron chi connectivity index (χ1n) is 9.79. The number of esters is 1. The number of hydrogen-bond acceptors (Lipinski definition) is 4. The zero-order chi connectivity index (χ0) is 18.6. The average molecular weight is 358 g/mol. The molecule has 1 aliphatic carbocycles. The summed E-state index contributed by atoms with van der Waals surface area (Å²) in [6, 6.07) is 8.02. The molecule has 1 fully saturated rings. The van der Waals surface area contributed by atoms with Crippen LogP contribution >= 0.6 is 0 Å². The standard InChI is InChI=1S/C21H30N2O3/c1-21(15-16-9-6-7-12-18(16)19(24)26-21)20(25)22-13-8-14-23(2)17-10-4-3-5-11-17/h6-7,9,12,17H,3-5,8,10-11,13-15H2,1-2H3,(H,22,25). The van der Waals surface area contributed by atoms with Crippen molar-refractivity contribution in [1.29, 1.82) is 0 Å². The van der Waals surface area contributed by atoms with Gasteiger partial charge in [-0.3, -0.25) is 4.79 Å². The minimum atomic E-state index is -1.12. The van der Waals surface area contributed by atoms with Crippen molar-refractivity contribution in [1.82, 2.24) is 10.2 Å². The summed E-state index contributed by atoms with van der Waals surface area (Å²) in [4.78, 5) is 27.2. The second kappa shape index (κ2) is 8.21. The first-order valence-corrected chi connectivity index (χ1v) is 9.79. The van der Waals surface area contributed by atoms with Crippen molar-refractivity contribution in [3.8, 4) is 0 Å². The molecule has 0 bridgehead atoms. The Morgan fingerprint density at radius 1 is 1.27 bits per heavy atom. The molecule has 1 amide bonds. The fraction of sp³-hybridized carbons (Fsp3) is 0.619. The Morgan fingerprint density at radius 3 is 2.77 bits per heavy atom. The molecule has 1 aromatic carbocycles. The monoisotopic (exact) mass is 358 g/mol. The number of benzene rings is 1. The molecule has 1 heterocycles. The van der Waals surface area contributed by atoms with E-state index in [0.29, 0.717) is 24.6 Å². The molecule has 0 radical (unpaired) electrons.